The van der Waals surface area contributed by atoms with E-state index in [9.17, 15) is 13.2 Å². The standard InChI is InChI=1S/C11H21N5O3S.ClH/c1-8(12-3)5-13-10(17)6-14-20(18,19)11-7-16(4)9(2)15-11;/h7-8,12,14H,5-6H2,1-4H3,(H,13,17);1H. The van der Waals surface area contributed by atoms with Crippen molar-refractivity contribution in [2.75, 3.05) is 20.1 Å². The van der Waals surface area contributed by atoms with E-state index in [2.05, 4.69) is 20.3 Å². The molecule has 0 aliphatic carbocycles. The van der Waals surface area contributed by atoms with E-state index in [-0.39, 0.29) is 35.9 Å². The van der Waals surface area contributed by atoms with Crippen molar-refractivity contribution in [3.8, 4) is 0 Å². The van der Waals surface area contributed by atoms with Crippen molar-refractivity contribution >= 4 is 28.3 Å². The Hall–Kier alpha value is -1.16. The molecule has 1 rings (SSSR count). The summed E-state index contributed by atoms with van der Waals surface area (Å²) in [5, 5.41) is 5.49. The van der Waals surface area contributed by atoms with Gasteiger partial charge < -0.3 is 15.2 Å². The van der Waals surface area contributed by atoms with Crippen LogP contribution in [0.1, 0.15) is 12.7 Å². The van der Waals surface area contributed by atoms with Crippen LogP contribution in [0.25, 0.3) is 0 Å². The summed E-state index contributed by atoms with van der Waals surface area (Å²) >= 11 is 0. The third-order valence-corrected chi connectivity index (χ3v) is 4.15. The van der Waals surface area contributed by atoms with E-state index in [4.69, 9.17) is 0 Å². The van der Waals surface area contributed by atoms with Crippen molar-refractivity contribution in [1.29, 1.82) is 0 Å². The van der Waals surface area contributed by atoms with Crippen LogP contribution < -0.4 is 15.4 Å². The summed E-state index contributed by atoms with van der Waals surface area (Å²) in [4.78, 5) is 15.4. The second-order valence-electron chi connectivity index (χ2n) is 4.56. The first-order valence-electron chi connectivity index (χ1n) is 6.20. The fourth-order valence-corrected chi connectivity index (χ4v) is 2.34. The smallest absolute Gasteiger partial charge is 0.260 e. The lowest BCUT2D eigenvalue weighted by atomic mass is 10.3. The Morgan fingerprint density at radius 2 is 2.10 bits per heavy atom. The predicted molar refractivity (Wildman–Crippen MR) is 81.9 cm³/mol. The molecule has 1 aromatic heterocycles. The Morgan fingerprint density at radius 1 is 1.48 bits per heavy atom. The number of aromatic nitrogens is 2. The summed E-state index contributed by atoms with van der Waals surface area (Å²) in [6.45, 7) is 3.72. The van der Waals surface area contributed by atoms with Gasteiger partial charge in [-0.05, 0) is 20.9 Å². The van der Waals surface area contributed by atoms with Crippen LogP contribution in [0.4, 0.5) is 0 Å². The summed E-state index contributed by atoms with van der Waals surface area (Å²) in [6.07, 6.45) is 1.40. The van der Waals surface area contributed by atoms with Crippen LogP contribution in [0.2, 0.25) is 0 Å². The molecule has 1 aromatic rings. The SMILES string of the molecule is CNC(C)CNC(=O)CNS(=O)(=O)c1cn(C)c(C)n1.Cl. The molecule has 0 radical (unpaired) electrons. The largest absolute Gasteiger partial charge is 0.353 e. The number of amides is 1. The zero-order valence-electron chi connectivity index (χ0n) is 12.5. The zero-order valence-corrected chi connectivity index (χ0v) is 14.1. The fourth-order valence-electron chi connectivity index (χ4n) is 1.32. The topological polar surface area (TPSA) is 105 Å². The van der Waals surface area contributed by atoms with Crippen LogP contribution in [-0.2, 0) is 21.9 Å². The molecule has 1 heterocycles. The molecule has 1 amide bonds. The second-order valence-corrected chi connectivity index (χ2v) is 6.27. The Morgan fingerprint density at radius 3 is 2.57 bits per heavy atom. The summed E-state index contributed by atoms with van der Waals surface area (Å²) < 4.78 is 27.7. The molecule has 0 aliphatic heterocycles. The quantitative estimate of drug-likeness (QED) is 0.600. The highest BCUT2D eigenvalue weighted by atomic mass is 35.5. The summed E-state index contributed by atoms with van der Waals surface area (Å²) in [5.74, 6) is 0.195. The van der Waals surface area contributed by atoms with E-state index in [1.54, 1.807) is 25.6 Å². The minimum Gasteiger partial charge on any atom is -0.353 e. The average molecular weight is 340 g/mol. The number of carbonyl (C=O) groups is 1. The molecule has 10 heteroatoms. The number of nitrogens with one attached hydrogen (secondary N) is 3. The summed E-state index contributed by atoms with van der Waals surface area (Å²) in [7, 11) is -0.277. The molecule has 21 heavy (non-hydrogen) atoms. The molecule has 0 saturated heterocycles. The number of likely N-dealkylation sites (N-methyl/N-ethyl adjacent to an activating group) is 1. The van der Waals surface area contributed by atoms with Gasteiger partial charge in [0.25, 0.3) is 10.0 Å². The number of rotatable bonds is 7. The third-order valence-electron chi connectivity index (χ3n) is 2.88. The van der Waals surface area contributed by atoms with Gasteiger partial charge >= 0.3 is 0 Å². The molecule has 0 aromatic carbocycles. The van der Waals surface area contributed by atoms with E-state index < -0.39 is 10.0 Å². The number of hydrogen-bond donors (Lipinski definition) is 3. The molecule has 1 atom stereocenters. The van der Waals surface area contributed by atoms with Gasteiger partial charge in [-0.2, -0.15) is 0 Å². The molecule has 8 nitrogen and oxygen atoms in total. The Balaban J connectivity index is 0.00000400. The fraction of sp³-hybridized carbons (Fsp3) is 0.636. The van der Waals surface area contributed by atoms with Gasteiger partial charge in [0.2, 0.25) is 5.91 Å². The first kappa shape index (κ1) is 19.8. The van der Waals surface area contributed by atoms with Crippen molar-refractivity contribution in [3.63, 3.8) is 0 Å². The molecule has 3 N–H and O–H groups in total. The Kier molecular flexibility index (Phi) is 7.86. The average Bonchev–Trinajstić information content (AvgIpc) is 2.74. The van der Waals surface area contributed by atoms with Gasteiger partial charge in [0.05, 0.1) is 6.54 Å². The second kappa shape index (κ2) is 8.32. The molecule has 0 spiro atoms. The molecule has 0 aliphatic rings. The number of imidazole rings is 1. The minimum absolute atomic E-state index is 0. The minimum atomic E-state index is -3.76. The van der Waals surface area contributed by atoms with Crippen LogP contribution in [-0.4, -0.2) is 50.1 Å². The number of aryl methyl sites for hydroxylation is 2. The lowest BCUT2D eigenvalue weighted by Gasteiger charge is -2.11. The molecule has 1 unspecified atom stereocenters. The lowest BCUT2D eigenvalue weighted by molar-refractivity contribution is -0.120. The number of nitrogens with zero attached hydrogens (tertiary/aromatic N) is 2. The van der Waals surface area contributed by atoms with E-state index in [1.807, 2.05) is 6.92 Å². The van der Waals surface area contributed by atoms with Gasteiger partial charge in [0.15, 0.2) is 5.03 Å². The number of halogens is 1. The predicted octanol–water partition coefficient (Wildman–Crippen LogP) is -0.847. The maximum absolute atomic E-state index is 11.9. The van der Waals surface area contributed by atoms with Crippen molar-refractivity contribution < 1.29 is 13.2 Å². The van der Waals surface area contributed by atoms with Gasteiger partial charge in [0.1, 0.15) is 5.82 Å². The van der Waals surface area contributed by atoms with Crippen LogP contribution in [0.3, 0.4) is 0 Å². The van der Waals surface area contributed by atoms with Crippen molar-refractivity contribution in [2.24, 2.45) is 7.05 Å². The van der Waals surface area contributed by atoms with E-state index in [0.717, 1.165) is 0 Å². The van der Waals surface area contributed by atoms with Gasteiger partial charge in [0, 0.05) is 25.8 Å². The highest BCUT2D eigenvalue weighted by molar-refractivity contribution is 7.89. The van der Waals surface area contributed by atoms with Gasteiger partial charge in [-0.15, -0.1) is 12.4 Å². The monoisotopic (exact) mass is 339 g/mol. The van der Waals surface area contributed by atoms with E-state index in [0.29, 0.717) is 12.4 Å². The summed E-state index contributed by atoms with van der Waals surface area (Å²) in [5.41, 5.74) is 0. The molecule has 0 fully saturated rings. The highest BCUT2D eigenvalue weighted by Gasteiger charge is 2.19. The molecule has 0 bridgehead atoms. The van der Waals surface area contributed by atoms with E-state index in [1.165, 1.54) is 6.20 Å². The maximum atomic E-state index is 11.9. The zero-order chi connectivity index (χ0) is 15.3. The highest BCUT2D eigenvalue weighted by Crippen LogP contribution is 2.06. The molecule has 122 valence electrons. The van der Waals surface area contributed by atoms with Gasteiger partial charge in [-0.1, -0.05) is 0 Å². The summed E-state index contributed by atoms with van der Waals surface area (Å²) in [6, 6.07) is 0.119. The van der Waals surface area contributed by atoms with Gasteiger partial charge in [-0.25, -0.2) is 18.1 Å². The van der Waals surface area contributed by atoms with Crippen molar-refractivity contribution in [1.82, 2.24) is 24.9 Å². The normalized spacial score (nSPS) is 12.6. The Labute approximate surface area is 131 Å². The van der Waals surface area contributed by atoms with Crippen molar-refractivity contribution in [3.05, 3.63) is 12.0 Å². The Bertz CT molecular complexity index is 553. The number of hydrogen-bond acceptors (Lipinski definition) is 5. The number of carbonyl (C=O) groups excluding carboxylic acids is 1. The van der Waals surface area contributed by atoms with Crippen molar-refractivity contribution in [2.45, 2.75) is 24.9 Å². The molecule has 0 saturated carbocycles. The maximum Gasteiger partial charge on any atom is 0.260 e. The van der Waals surface area contributed by atoms with E-state index >= 15 is 0 Å². The first-order chi connectivity index (χ1) is 9.26. The van der Waals surface area contributed by atoms with Crippen LogP contribution in [0, 0.1) is 6.92 Å². The lowest BCUT2D eigenvalue weighted by Crippen LogP contribution is -2.42. The van der Waals surface area contributed by atoms with Crippen LogP contribution in [0.5, 0.6) is 0 Å². The third kappa shape index (κ3) is 6.00. The molecular formula is C11H22ClN5O3S. The number of sulfonamides is 1. The van der Waals surface area contributed by atoms with Crippen LogP contribution in [0.15, 0.2) is 11.2 Å². The first-order valence-corrected chi connectivity index (χ1v) is 7.68. The van der Waals surface area contributed by atoms with Crippen LogP contribution >= 0.6 is 12.4 Å². The van der Waals surface area contributed by atoms with Gasteiger partial charge in [-0.3, -0.25) is 4.79 Å². The molecular weight excluding hydrogens is 318 g/mol.